The number of fused-ring (bicyclic) bond motifs is 4. The van der Waals surface area contributed by atoms with Crippen molar-refractivity contribution >= 4 is 45.5 Å². The van der Waals surface area contributed by atoms with Crippen molar-refractivity contribution in [2.45, 2.75) is 75.5 Å². The molecule has 0 aromatic heterocycles. The smallest absolute Gasteiger partial charge is 1.00 e. The van der Waals surface area contributed by atoms with Crippen molar-refractivity contribution in [3.63, 3.8) is 0 Å². The number of benzene rings is 3. The summed E-state index contributed by atoms with van der Waals surface area (Å²) in [5.74, 6) is 0. The van der Waals surface area contributed by atoms with Crippen LogP contribution < -0.4 is 30.1 Å². The van der Waals surface area contributed by atoms with Gasteiger partial charge in [0, 0.05) is 0 Å². The number of halogens is 2. The van der Waals surface area contributed by atoms with E-state index < -0.39 is 0 Å². The summed E-state index contributed by atoms with van der Waals surface area (Å²) in [6, 6.07) is 33.3. The van der Waals surface area contributed by atoms with Crippen molar-refractivity contribution in [3.8, 4) is 0 Å². The molecule has 0 N–H and O–H groups in total. The topological polar surface area (TPSA) is 0 Å². The van der Waals surface area contributed by atoms with E-state index in [1.54, 1.807) is 5.30 Å². The Hall–Kier alpha value is -0.980. The molecule has 2 fully saturated rings. The van der Waals surface area contributed by atoms with Gasteiger partial charge in [0.1, 0.15) is 0 Å². The monoisotopic (exact) mass is 726 g/mol. The Morgan fingerprint density at radius 2 is 0.974 bits per heavy atom. The van der Waals surface area contributed by atoms with E-state index in [-0.39, 0.29) is 58.6 Å². The van der Waals surface area contributed by atoms with E-state index in [9.17, 15) is 0 Å². The van der Waals surface area contributed by atoms with Crippen molar-refractivity contribution < 1.29 is 50.7 Å². The van der Waals surface area contributed by atoms with E-state index >= 15 is 0 Å². The number of hydrogen-bond acceptors (Lipinski definition) is 0. The molecule has 4 heteroatoms. The first-order valence-electron chi connectivity index (χ1n) is 13.8. The van der Waals surface area contributed by atoms with Gasteiger partial charge >= 0.3 is 25.8 Å². The van der Waals surface area contributed by atoms with Crippen LogP contribution in [0.15, 0.2) is 91.0 Å². The zero-order chi connectivity index (χ0) is 23.5. The summed E-state index contributed by atoms with van der Waals surface area (Å²) in [6.07, 6.45) is 14.9. The van der Waals surface area contributed by atoms with Gasteiger partial charge in [-0.05, 0) is 37.0 Å². The molecular weight excluding hydrogens is 689 g/mol. The van der Waals surface area contributed by atoms with E-state index in [1.807, 2.05) is 0 Å². The molecule has 2 aliphatic rings. The quantitative estimate of drug-likeness (QED) is 0.150. The molecule has 0 unspecified atom stereocenters. The molecule has 5 aromatic carbocycles. The van der Waals surface area contributed by atoms with Crippen LogP contribution in [0.5, 0.6) is 0 Å². The van der Waals surface area contributed by atoms with E-state index in [2.05, 4.69) is 91.0 Å². The third kappa shape index (κ3) is 7.01. The van der Waals surface area contributed by atoms with Gasteiger partial charge in [0.2, 0.25) is 0 Å². The molecule has 7 rings (SSSR count). The Morgan fingerprint density at radius 3 is 1.47 bits per heavy atom. The molecular formula is C34H37Cl2HfP. The average Bonchev–Trinajstić information content (AvgIpc) is 3.52. The SMILES string of the molecule is [Cl-].[Cl-].[Hf+4].c1ccc2[cH-]c(P(C3CCCCC3)C3CCCCC3)cc2c1.c1ccc2c(c1)[cH-]c1ccccc12. The average molecular weight is 726 g/mol. The summed E-state index contributed by atoms with van der Waals surface area (Å²) in [4.78, 5) is 0. The fraction of sp³-hybridized carbons (Fsp3) is 0.353. The Labute approximate surface area is 261 Å². The molecule has 0 heterocycles. The van der Waals surface area contributed by atoms with Crippen LogP contribution >= 0.6 is 7.92 Å². The molecule has 2 saturated carbocycles. The molecule has 0 radical (unpaired) electrons. The predicted octanol–water partition coefficient (Wildman–Crippen LogP) is 4.05. The Morgan fingerprint density at radius 1 is 0.526 bits per heavy atom. The first-order chi connectivity index (χ1) is 17.4. The van der Waals surface area contributed by atoms with E-state index in [0.29, 0.717) is 0 Å². The molecule has 0 nitrogen and oxygen atoms in total. The van der Waals surface area contributed by atoms with Crippen molar-refractivity contribution in [1.82, 2.24) is 0 Å². The third-order valence-corrected chi connectivity index (χ3v) is 11.8. The molecule has 0 spiro atoms. The number of hydrogen-bond donors (Lipinski definition) is 0. The van der Waals surface area contributed by atoms with Crippen LogP contribution in [0, 0.1) is 0 Å². The first kappa shape index (κ1) is 31.5. The Kier molecular flexibility index (Phi) is 12.6. The summed E-state index contributed by atoms with van der Waals surface area (Å²) >= 11 is 0. The van der Waals surface area contributed by atoms with Gasteiger partial charge < -0.3 is 24.8 Å². The van der Waals surface area contributed by atoms with Crippen molar-refractivity contribution in [2.24, 2.45) is 0 Å². The third-order valence-electron chi connectivity index (χ3n) is 8.36. The Balaban J connectivity index is 0.000000216. The molecule has 2 aliphatic carbocycles. The van der Waals surface area contributed by atoms with Gasteiger partial charge in [0.15, 0.2) is 0 Å². The normalized spacial score (nSPS) is 16.3. The minimum Gasteiger partial charge on any atom is -1.00 e. The van der Waals surface area contributed by atoms with Crippen LogP contribution in [0.2, 0.25) is 0 Å². The summed E-state index contributed by atoms with van der Waals surface area (Å²) in [5.41, 5.74) is 2.03. The van der Waals surface area contributed by atoms with E-state index in [1.165, 1.54) is 96.5 Å². The molecule has 196 valence electrons. The second kappa shape index (κ2) is 15.1. The Bertz CT molecular complexity index is 1290. The van der Waals surface area contributed by atoms with Crippen molar-refractivity contribution in [3.05, 3.63) is 91.0 Å². The van der Waals surface area contributed by atoms with Crippen molar-refractivity contribution in [2.75, 3.05) is 0 Å². The van der Waals surface area contributed by atoms with Crippen LogP contribution in [0.4, 0.5) is 0 Å². The first-order valence-corrected chi connectivity index (χ1v) is 15.3. The van der Waals surface area contributed by atoms with Crippen LogP contribution in [-0.4, -0.2) is 11.3 Å². The zero-order valence-electron chi connectivity index (χ0n) is 22.1. The second-order valence-electron chi connectivity index (χ2n) is 10.7. The predicted molar refractivity (Wildman–Crippen MR) is 157 cm³/mol. The van der Waals surface area contributed by atoms with Gasteiger partial charge in [-0.25, -0.2) is 0 Å². The van der Waals surface area contributed by atoms with E-state index in [4.69, 9.17) is 0 Å². The molecule has 0 bridgehead atoms. The maximum absolute atomic E-state index is 2.55. The minimum absolute atomic E-state index is 0. The summed E-state index contributed by atoms with van der Waals surface area (Å²) in [7, 11) is 0.0611. The second-order valence-corrected chi connectivity index (χ2v) is 13.4. The molecule has 0 saturated heterocycles. The fourth-order valence-electron chi connectivity index (χ4n) is 6.63. The summed E-state index contributed by atoms with van der Waals surface area (Å²) in [6.45, 7) is 0. The van der Waals surface area contributed by atoms with Gasteiger partial charge in [-0.2, -0.15) is 6.07 Å². The largest absolute Gasteiger partial charge is 4.00 e. The fourth-order valence-corrected chi connectivity index (χ4v) is 10.5. The van der Waals surface area contributed by atoms with Crippen LogP contribution in [0.1, 0.15) is 64.2 Å². The van der Waals surface area contributed by atoms with Crippen LogP contribution in [-0.2, 0) is 25.8 Å². The molecule has 38 heavy (non-hydrogen) atoms. The molecule has 0 amide bonds. The van der Waals surface area contributed by atoms with Gasteiger partial charge in [-0.15, -0.1) is 80.1 Å². The minimum atomic E-state index is 0. The van der Waals surface area contributed by atoms with Crippen LogP contribution in [0.25, 0.3) is 32.3 Å². The maximum Gasteiger partial charge on any atom is 4.00 e. The van der Waals surface area contributed by atoms with E-state index in [0.717, 1.165) is 11.3 Å². The van der Waals surface area contributed by atoms with Crippen molar-refractivity contribution in [1.29, 1.82) is 0 Å². The van der Waals surface area contributed by atoms with Gasteiger partial charge in [-0.3, -0.25) is 0 Å². The number of rotatable bonds is 3. The summed E-state index contributed by atoms with van der Waals surface area (Å²) < 4.78 is 0. The maximum atomic E-state index is 2.55. The molecule has 0 aliphatic heterocycles. The molecule has 0 atom stereocenters. The van der Waals surface area contributed by atoms with Gasteiger partial charge in [0.05, 0.1) is 0 Å². The van der Waals surface area contributed by atoms with Gasteiger partial charge in [-0.1, -0.05) is 88.9 Å². The standard InChI is InChI=1S/C21H28P.C13H9.2ClH.Hf/c1-3-11-19(12-4-1)22(20-13-5-2-6-14-20)21-15-17-9-7-8-10-18(17)16-21;1-3-7-12-10(5-1)9-11-6-2-4-8-13(11)12;;;/h7-10,15-16,19-20H,1-6,11-14H2;1-9H;2*1H;/q2*-1;;;+4/p-2. The summed E-state index contributed by atoms with van der Waals surface area (Å²) in [5, 5.41) is 10.1. The van der Waals surface area contributed by atoms with Gasteiger partial charge in [0.25, 0.3) is 0 Å². The zero-order valence-corrected chi connectivity index (χ0v) is 28.1. The molecule has 5 aromatic rings. The van der Waals surface area contributed by atoms with Crippen LogP contribution in [0.3, 0.4) is 0 Å².